The molecule has 3 aromatic carbocycles. The molecule has 43 heavy (non-hydrogen) atoms. The van der Waals surface area contributed by atoms with E-state index in [-0.39, 0.29) is 18.5 Å². The van der Waals surface area contributed by atoms with E-state index in [0.717, 1.165) is 37.2 Å². The van der Waals surface area contributed by atoms with Crippen molar-refractivity contribution in [2.24, 2.45) is 0 Å². The second kappa shape index (κ2) is 13.6. The van der Waals surface area contributed by atoms with E-state index in [1.54, 1.807) is 33.3 Å². The quantitative estimate of drug-likeness (QED) is 0.290. The first-order chi connectivity index (χ1) is 21.1. The Kier molecular flexibility index (Phi) is 9.24. The van der Waals surface area contributed by atoms with Crippen LogP contribution in [-0.4, -0.2) is 30.6 Å². The van der Waals surface area contributed by atoms with Gasteiger partial charge in [-0.2, -0.15) is 0 Å². The molecule has 1 aromatic heterocycles. The van der Waals surface area contributed by atoms with Gasteiger partial charge >= 0.3 is 0 Å². The summed E-state index contributed by atoms with van der Waals surface area (Å²) in [6, 6.07) is 17.4. The van der Waals surface area contributed by atoms with Crippen LogP contribution in [0.4, 0.5) is 4.39 Å². The number of hydrogen-bond donors (Lipinski definition) is 1. The smallest absolute Gasteiger partial charge is 0.162 e. The van der Waals surface area contributed by atoms with Gasteiger partial charge in [-0.25, -0.2) is 4.39 Å². The minimum atomic E-state index is -0.264. The molecular weight excluding hydrogens is 539 g/mol. The van der Waals surface area contributed by atoms with Crippen molar-refractivity contribution < 1.29 is 18.6 Å². The summed E-state index contributed by atoms with van der Waals surface area (Å²) in [5, 5.41) is 1.23. The van der Waals surface area contributed by atoms with Gasteiger partial charge < -0.3 is 19.2 Å². The van der Waals surface area contributed by atoms with Crippen LogP contribution in [0.2, 0.25) is 0 Å². The normalized spacial score (nSPS) is 14.3. The molecule has 0 radical (unpaired) electrons. The van der Waals surface area contributed by atoms with E-state index in [9.17, 15) is 4.39 Å². The van der Waals surface area contributed by atoms with Crippen molar-refractivity contribution in [3.05, 3.63) is 88.4 Å². The van der Waals surface area contributed by atoms with Gasteiger partial charge in [0.05, 0.1) is 14.2 Å². The van der Waals surface area contributed by atoms with Gasteiger partial charge in [-0.1, -0.05) is 24.1 Å². The Morgan fingerprint density at radius 3 is 2.56 bits per heavy atom. The molecule has 0 aliphatic carbocycles. The van der Waals surface area contributed by atoms with Crippen molar-refractivity contribution in [1.82, 2.24) is 9.88 Å². The standard InChI is InChI=1S/C28H27FN2O3.C9H4/c1-32-19-7-8-24-21(12-19)22-13-26-20-14-28(34-16-18-5-3-4-6-23(18)29)27(33-2)11-17(20)9-10-31(26)15-25(22)30-24;1-3-5-7-9-8-6-4-2/h3-8,11-12,14,26,30H,9-10,13,15-16H2,1-2H3;1H,2H3. The third-order valence-electron chi connectivity index (χ3n) is 7.64. The van der Waals surface area contributed by atoms with Crippen LogP contribution in [0.15, 0.2) is 54.6 Å². The molecule has 2 aliphatic heterocycles. The predicted octanol–water partition coefficient (Wildman–Crippen LogP) is 6.21. The molecule has 0 saturated heterocycles. The highest BCUT2D eigenvalue weighted by Gasteiger charge is 2.34. The maximum absolute atomic E-state index is 14.1. The number of fused-ring (bicyclic) bond motifs is 6. The lowest BCUT2D eigenvalue weighted by Crippen LogP contribution is -2.39. The fourth-order valence-electron chi connectivity index (χ4n) is 5.60. The summed E-state index contributed by atoms with van der Waals surface area (Å²) >= 11 is 0. The first kappa shape index (κ1) is 29.2. The van der Waals surface area contributed by atoms with Crippen molar-refractivity contribution in [3.8, 4) is 65.1 Å². The number of H-pyrrole nitrogens is 1. The number of nitrogens with one attached hydrogen (secondary N) is 1. The molecule has 0 saturated carbocycles. The minimum absolute atomic E-state index is 0.155. The fourth-order valence-corrected chi connectivity index (χ4v) is 5.60. The Morgan fingerprint density at radius 2 is 1.79 bits per heavy atom. The molecule has 2 aliphatic rings. The molecule has 0 amide bonds. The Bertz CT molecular complexity index is 1880. The number of methoxy groups -OCH3 is 2. The van der Waals surface area contributed by atoms with Crippen molar-refractivity contribution >= 4 is 10.9 Å². The van der Waals surface area contributed by atoms with Crippen LogP contribution < -0.4 is 14.2 Å². The lowest BCUT2D eigenvalue weighted by atomic mass is 9.85. The predicted molar refractivity (Wildman–Crippen MR) is 167 cm³/mol. The first-order valence-corrected chi connectivity index (χ1v) is 13.9. The molecule has 0 spiro atoms. The van der Waals surface area contributed by atoms with Gasteiger partial charge in [-0.05, 0) is 108 Å². The van der Waals surface area contributed by atoms with E-state index in [1.807, 2.05) is 12.1 Å². The third-order valence-corrected chi connectivity index (χ3v) is 7.64. The molecule has 1 atom stereocenters. The van der Waals surface area contributed by atoms with E-state index < -0.39 is 0 Å². The summed E-state index contributed by atoms with van der Waals surface area (Å²) in [5.74, 6) is 18.9. The minimum Gasteiger partial charge on any atom is -0.497 e. The lowest BCUT2D eigenvalue weighted by Gasteiger charge is -2.40. The third kappa shape index (κ3) is 6.47. The number of halogens is 1. The van der Waals surface area contributed by atoms with Crippen LogP contribution >= 0.6 is 0 Å². The van der Waals surface area contributed by atoms with E-state index in [2.05, 4.69) is 75.6 Å². The number of terminal acetylenes is 1. The fraction of sp³-hybridized carbons (Fsp3) is 0.243. The van der Waals surface area contributed by atoms with Gasteiger partial charge in [0.1, 0.15) is 18.2 Å². The van der Waals surface area contributed by atoms with Gasteiger partial charge in [-0.3, -0.25) is 4.90 Å². The number of hydrogen-bond acceptors (Lipinski definition) is 4. The molecule has 5 nitrogen and oxygen atoms in total. The lowest BCUT2D eigenvalue weighted by molar-refractivity contribution is 0.158. The average Bonchev–Trinajstić information content (AvgIpc) is 3.39. The highest BCUT2D eigenvalue weighted by atomic mass is 19.1. The van der Waals surface area contributed by atoms with Crippen LogP contribution in [0.3, 0.4) is 0 Å². The molecule has 6 rings (SSSR count). The van der Waals surface area contributed by atoms with E-state index in [1.165, 1.54) is 33.8 Å². The van der Waals surface area contributed by atoms with Crippen LogP contribution in [0.5, 0.6) is 17.2 Å². The summed E-state index contributed by atoms with van der Waals surface area (Å²) in [6.45, 7) is 3.74. The second-order valence-corrected chi connectivity index (χ2v) is 10.0. The van der Waals surface area contributed by atoms with Gasteiger partial charge in [0.25, 0.3) is 0 Å². The van der Waals surface area contributed by atoms with Crippen molar-refractivity contribution in [2.45, 2.75) is 39.0 Å². The largest absolute Gasteiger partial charge is 0.497 e. The number of benzene rings is 3. The van der Waals surface area contributed by atoms with Crippen molar-refractivity contribution in [2.75, 3.05) is 20.8 Å². The molecule has 4 aromatic rings. The second-order valence-electron chi connectivity index (χ2n) is 10.0. The Balaban J connectivity index is 0.000000358. The van der Waals surface area contributed by atoms with Crippen LogP contribution in [0.25, 0.3) is 10.9 Å². The van der Waals surface area contributed by atoms with E-state index >= 15 is 0 Å². The summed E-state index contributed by atoms with van der Waals surface area (Å²) in [5.41, 5.74) is 6.87. The zero-order valence-electron chi connectivity index (χ0n) is 24.4. The topological polar surface area (TPSA) is 46.7 Å². The zero-order valence-corrected chi connectivity index (χ0v) is 24.4. The van der Waals surface area contributed by atoms with Crippen LogP contribution in [0.1, 0.15) is 40.9 Å². The average molecular weight is 571 g/mol. The molecule has 6 heteroatoms. The van der Waals surface area contributed by atoms with Crippen LogP contribution in [0, 0.1) is 53.7 Å². The SMILES string of the molecule is C#CC#CC#CC#CC.COc1ccc2[nH]c3c(c2c1)CC1c2cc(OCc4ccccc4F)c(OC)cc2CCN1C3. The van der Waals surface area contributed by atoms with Crippen molar-refractivity contribution in [1.29, 1.82) is 0 Å². The first-order valence-electron chi connectivity index (χ1n) is 13.9. The van der Waals surface area contributed by atoms with Gasteiger partial charge in [-0.15, -0.1) is 6.42 Å². The summed E-state index contributed by atoms with van der Waals surface area (Å²) < 4.78 is 31.3. The summed E-state index contributed by atoms with van der Waals surface area (Å²) in [7, 11) is 3.36. The number of ether oxygens (including phenoxy) is 3. The summed E-state index contributed by atoms with van der Waals surface area (Å²) in [6.07, 6.45) is 6.68. The Labute approximate surface area is 252 Å². The van der Waals surface area contributed by atoms with Gasteiger partial charge in [0.2, 0.25) is 0 Å². The van der Waals surface area contributed by atoms with Crippen LogP contribution in [-0.2, 0) is 26.0 Å². The monoisotopic (exact) mass is 570 g/mol. The molecule has 0 fully saturated rings. The molecule has 3 heterocycles. The highest BCUT2D eigenvalue weighted by Crippen LogP contribution is 2.44. The number of nitrogens with zero attached hydrogens (tertiary/aromatic N) is 1. The maximum atomic E-state index is 14.1. The Hall–Kier alpha value is -5.27. The highest BCUT2D eigenvalue weighted by molar-refractivity contribution is 5.86. The molecule has 0 bridgehead atoms. The van der Waals surface area contributed by atoms with Gasteiger partial charge in [0.15, 0.2) is 11.5 Å². The van der Waals surface area contributed by atoms with Crippen molar-refractivity contribution in [3.63, 3.8) is 0 Å². The van der Waals surface area contributed by atoms with Gasteiger partial charge in [0, 0.05) is 41.3 Å². The molecular formula is C37H31FN2O3. The number of aromatic amines is 1. The zero-order chi connectivity index (χ0) is 30.2. The Morgan fingerprint density at radius 1 is 0.977 bits per heavy atom. The molecule has 1 unspecified atom stereocenters. The maximum Gasteiger partial charge on any atom is 0.162 e. The number of rotatable bonds is 5. The van der Waals surface area contributed by atoms with E-state index in [4.69, 9.17) is 20.6 Å². The molecule has 214 valence electrons. The summed E-state index contributed by atoms with van der Waals surface area (Å²) in [4.78, 5) is 6.15. The van der Waals surface area contributed by atoms with E-state index in [0.29, 0.717) is 17.1 Å². The molecule has 1 N–H and O–H groups in total. The number of aromatic nitrogens is 1.